The molecule has 0 aliphatic heterocycles. The molecule has 0 aromatic carbocycles. The van der Waals surface area contributed by atoms with E-state index in [0.29, 0.717) is 6.54 Å². The Labute approximate surface area is 104 Å². The fraction of sp³-hybridized carbons (Fsp3) is 0.714. The zero-order valence-corrected chi connectivity index (χ0v) is 10.9. The average Bonchev–Trinajstić information content (AvgIpc) is 2.86. The Hall–Kier alpha value is -0.800. The van der Waals surface area contributed by atoms with Crippen LogP contribution in [-0.4, -0.2) is 13.2 Å². The predicted molar refractivity (Wildman–Crippen MR) is 69.8 cm³/mol. The lowest BCUT2D eigenvalue weighted by atomic mass is 10.1. The fourth-order valence-corrected chi connectivity index (χ4v) is 1.85. The van der Waals surface area contributed by atoms with Crippen LogP contribution in [-0.2, 0) is 4.74 Å². The number of unbranched alkanes of at least 4 members (excludes halogenated alkanes) is 5. The van der Waals surface area contributed by atoms with Gasteiger partial charge in [0.05, 0.1) is 6.26 Å². The number of hydrogen-bond acceptors (Lipinski definition) is 3. The van der Waals surface area contributed by atoms with E-state index in [4.69, 9.17) is 14.9 Å². The average molecular weight is 239 g/mol. The van der Waals surface area contributed by atoms with E-state index in [9.17, 15) is 0 Å². The van der Waals surface area contributed by atoms with E-state index in [2.05, 4.69) is 6.92 Å². The molecule has 3 nitrogen and oxygen atoms in total. The van der Waals surface area contributed by atoms with Gasteiger partial charge in [0, 0.05) is 13.2 Å². The van der Waals surface area contributed by atoms with E-state index < -0.39 is 0 Å². The van der Waals surface area contributed by atoms with Gasteiger partial charge in [0.2, 0.25) is 0 Å². The highest BCUT2D eigenvalue weighted by molar-refractivity contribution is 5.02. The van der Waals surface area contributed by atoms with Crippen molar-refractivity contribution in [3.05, 3.63) is 24.2 Å². The monoisotopic (exact) mass is 239 g/mol. The van der Waals surface area contributed by atoms with Gasteiger partial charge in [0.1, 0.15) is 11.9 Å². The minimum Gasteiger partial charge on any atom is -0.467 e. The van der Waals surface area contributed by atoms with Gasteiger partial charge in [0.15, 0.2) is 0 Å². The third kappa shape index (κ3) is 5.89. The van der Waals surface area contributed by atoms with Gasteiger partial charge in [-0.1, -0.05) is 39.0 Å². The first-order chi connectivity index (χ1) is 8.38. The lowest BCUT2D eigenvalue weighted by molar-refractivity contribution is 0.0412. The second kappa shape index (κ2) is 9.25. The quantitative estimate of drug-likeness (QED) is 0.634. The molecule has 98 valence electrons. The van der Waals surface area contributed by atoms with Crippen molar-refractivity contribution in [2.45, 2.75) is 51.6 Å². The SMILES string of the molecule is CCCCCCCCOC(CN)c1ccco1. The van der Waals surface area contributed by atoms with Crippen LogP contribution in [0.1, 0.15) is 57.3 Å². The van der Waals surface area contributed by atoms with Crippen LogP contribution in [0.5, 0.6) is 0 Å². The van der Waals surface area contributed by atoms with Crippen LogP contribution in [0.3, 0.4) is 0 Å². The molecule has 0 bridgehead atoms. The molecular weight excluding hydrogens is 214 g/mol. The smallest absolute Gasteiger partial charge is 0.133 e. The minimum atomic E-state index is -0.0827. The molecule has 0 aliphatic carbocycles. The van der Waals surface area contributed by atoms with E-state index in [1.807, 2.05) is 12.1 Å². The number of furan rings is 1. The second-order valence-electron chi connectivity index (χ2n) is 4.38. The number of hydrogen-bond donors (Lipinski definition) is 1. The summed E-state index contributed by atoms with van der Waals surface area (Å²) in [6, 6.07) is 3.78. The van der Waals surface area contributed by atoms with Crippen molar-refractivity contribution in [3.63, 3.8) is 0 Å². The highest BCUT2D eigenvalue weighted by atomic mass is 16.5. The normalized spacial score (nSPS) is 12.8. The first-order valence-electron chi connectivity index (χ1n) is 6.73. The summed E-state index contributed by atoms with van der Waals surface area (Å²) in [5.74, 6) is 0.832. The standard InChI is InChI=1S/C14H25NO2/c1-2-3-4-5-6-7-10-17-14(12-15)13-9-8-11-16-13/h8-9,11,14H,2-7,10,12,15H2,1H3. The second-order valence-corrected chi connectivity index (χ2v) is 4.38. The van der Waals surface area contributed by atoms with Gasteiger partial charge in [-0.3, -0.25) is 0 Å². The predicted octanol–water partition coefficient (Wildman–Crippen LogP) is 3.66. The zero-order valence-electron chi connectivity index (χ0n) is 10.9. The van der Waals surface area contributed by atoms with Crippen LogP contribution >= 0.6 is 0 Å². The lowest BCUT2D eigenvalue weighted by Crippen LogP contribution is -2.15. The van der Waals surface area contributed by atoms with Gasteiger partial charge in [-0.2, -0.15) is 0 Å². The first-order valence-corrected chi connectivity index (χ1v) is 6.73. The van der Waals surface area contributed by atoms with Crippen molar-refractivity contribution in [3.8, 4) is 0 Å². The van der Waals surface area contributed by atoms with Crippen molar-refractivity contribution in [1.82, 2.24) is 0 Å². The molecule has 2 N–H and O–H groups in total. The summed E-state index contributed by atoms with van der Waals surface area (Å²) in [7, 11) is 0. The van der Waals surface area contributed by atoms with Crippen molar-refractivity contribution in [1.29, 1.82) is 0 Å². The Kier molecular flexibility index (Phi) is 7.76. The summed E-state index contributed by atoms with van der Waals surface area (Å²) >= 11 is 0. The van der Waals surface area contributed by atoms with E-state index in [1.54, 1.807) is 6.26 Å². The Morgan fingerprint density at radius 3 is 2.65 bits per heavy atom. The fourth-order valence-electron chi connectivity index (χ4n) is 1.85. The van der Waals surface area contributed by atoms with E-state index in [-0.39, 0.29) is 6.10 Å². The zero-order chi connectivity index (χ0) is 12.3. The molecule has 0 fully saturated rings. The van der Waals surface area contributed by atoms with Crippen LogP contribution in [0.2, 0.25) is 0 Å². The van der Waals surface area contributed by atoms with Crippen molar-refractivity contribution >= 4 is 0 Å². The van der Waals surface area contributed by atoms with Crippen LogP contribution in [0.25, 0.3) is 0 Å². The van der Waals surface area contributed by atoms with Crippen LogP contribution < -0.4 is 5.73 Å². The minimum absolute atomic E-state index is 0.0827. The maximum atomic E-state index is 5.72. The van der Waals surface area contributed by atoms with Gasteiger partial charge in [-0.15, -0.1) is 0 Å². The molecule has 0 aliphatic rings. The van der Waals surface area contributed by atoms with Gasteiger partial charge >= 0.3 is 0 Å². The highest BCUT2D eigenvalue weighted by Gasteiger charge is 2.11. The molecule has 0 saturated carbocycles. The molecular formula is C14H25NO2. The number of ether oxygens (including phenoxy) is 1. The third-order valence-corrected chi connectivity index (χ3v) is 2.89. The molecule has 0 amide bonds. The lowest BCUT2D eigenvalue weighted by Gasteiger charge is -2.13. The van der Waals surface area contributed by atoms with E-state index in [1.165, 1.54) is 32.1 Å². The highest BCUT2D eigenvalue weighted by Crippen LogP contribution is 2.17. The van der Waals surface area contributed by atoms with Crippen LogP contribution in [0.4, 0.5) is 0 Å². The maximum Gasteiger partial charge on any atom is 0.133 e. The Bertz CT molecular complexity index is 259. The van der Waals surface area contributed by atoms with Crippen LogP contribution in [0, 0.1) is 0 Å². The molecule has 1 unspecified atom stereocenters. The topological polar surface area (TPSA) is 48.4 Å². The van der Waals surface area contributed by atoms with E-state index in [0.717, 1.165) is 18.8 Å². The van der Waals surface area contributed by atoms with Gasteiger partial charge in [0.25, 0.3) is 0 Å². The summed E-state index contributed by atoms with van der Waals surface area (Å²) in [6.07, 6.45) is 9.23. The van der Waals surface area contributed by atoms with E-state index >= 15 is 0 Å². The van der Waals surface area contributed by atoms with Gasteiger partial charge in [-0.25, -0.2) is 0 Å². The molecule has 0 radical (unpaired) electrons. The molecule has 1 heterocycles. The molecule has 1 atom stereocenters. The van der Waals surface area contributed by atoms with Crippen LogP contribution in [0.15, 0.2) is 22.8 Å². The Balaban J connectivity index is 2.04. The molecule has 17 heavy (non-hydrogen) atoms. The first kappa shape index (κ1) is 14.3. The molecule has 1 aromatic rings. The number of nitrogens with two attached hydrogens (primary N) is 1. The Morgan fingerprint density at radius 2 is 2.00 bits per heavy atom. The maximum absolute atomic E-state index is 5.72. The molecule has 1 aromatic heterocycles. The van der Waals surface area contributed by atoms with Crippen molar-refractivity contribution in [2.24, 2.45) is 5.73 Å². The molecule has 3 heteroatoms. The summed E-state index contributed by atoms with van der Waals surface area (Å²) in [6.45, 7) is 3.48. The Morgan fingerprint density at radius 1 is 1.24 bits per heavy atom. The third-order valence-electron chi connectivity index (χ3n) is 2.89. The summed E-state index contributed by atoms with van der Waals surface area (Å²) in [5, 5.41) is 0. The van der Waals surface area contributed by atoms with Crippen molar-refractivity contribution in [2.75, 3.05) is 13.2 Å². The van der Waals surface area contributed by atoms with Gasteiger partial charge < -0.3 is 14.9 Å². The summed E-state index contributed by atoms with van der Waals surface area (Å²) in [4.78, 5) is 0. The molecule has 1 rings (SSSR count). The molecule has 0 spiro atoms. The molecule has 0 saturated heterocycles. The number of rotatable bonds is 10. The van der Waals surface area contributed by atoms with Crippen molar-refractivity contribution < 1.29 is 9.15 Å². The summed E-state index contributed by atoms with van der Waals surface area (Å²) in [5.41, 5.74) is 5.66. The van der Waals surface area contributed by atoms with Gasteiger partial charge in [-0.05, 0) is 18.6 Å². The largest absolute Gasteiger partial charge is 0.467 e. The summed E-state index contributed by atoms with van der Waals surface area (Å²) < 4.78 is 11.0.